The number of aliphatic hydroxyl groups excluding tert-OH is 1. The third-order valence-corrected chi connectivity index (χ3v) is 2.85. The molecular weight excluding hydrogens is 235 g/mol. The predicted molar refractivity (Wildman–Crippen MR) is 52.5 cm³/mol. The number of nitrogens with zero attached hydrogens (tertiary/aromatic N) is 1. The van der Waals surface area contributed by atoms with Crippen molar-refractivity contribution in [3.05, 3.63) is 35.1 Å². The first-order valence-electron chi connectivity index (χ1n) is 5.06. The molecule has 0 radical (unpaired) electrons. The Labute approximate surface area is 95.5 Å². The monoisotopic (exact) mass is 245 g/mol. The smallest absolute Gasteiger partial charge is 0.225 e. The van der Waals surface area contributed by atoms with Crippen LogP contribution in [0.3, 0.4) is 0 Å². The number of aliphatic hydroxyl groups is 1. The molecule has 2 rings (SSSR count). The summed E-state index contributed by atoms with van der Waals surface area (Å²) >= 11 is 0. The Morgan fingerprint density at radius 1 is 1.35 bits per heavy atom. The topological polar surface area (TPSA) is 40.5 Å². The van der Waals surface area contributed by atoms with Crippen molar-refractivity contribution in [2.45, 2.75) is 12.3 Å². The number of rotatable bonds is 2. The molecule has 0 bridgehead atoms. The van der Waals surface area contributed by atoms with Gasteiger partial charge in [-0.05, 0) is 11.6 Å². The standard InChI is InChI=1S/C11H10F3NO2/c12-7-2-8(11(14)9(13)3-7)6-1-10(17)15(4-6)5-16/h2-3,6,16H,1,4-5H2/t6-/m1/s1. The first kappa shape index (κ1) is 11.9. The molecule has 1 atom stereocenters. The number of likely N-dealkylation sites (tertiary alicyclic amines) is 1. The maximum absolute atomic E-state index is 13.5. The molecule has 1 amide bonds. The van der Waals surface area contributed by atoms with Gasteiger partial charge in [0.1, 0.15) is 12.5 Å². The van der Waals surface area contributed by atoms with Crippen LogP contribution in [0.1, 0.15) is 17.9 Å². The minimum atomic E-state index is -1.27. The van der Waals surface area contributed by atoms with Crippen LogP contribution in [0.5, 0.6) is 0 Å². The molecule has 1 aliphatic heterocycles. The third kappa shape index (κ3) is 2.12. The first-order valence-corrected chi connectivity index (χ1v) is 5.06. The number of halogens is 3. The van der Waals surface area contributed by atoms with Crippen LogP contribution < -0.4 is 0 Å². The van der Waals surface area contributed by atoms with E-state index in [1.165, 1.54) is 0 Å². The zero-order valence-corrected chi connectivity index (χ0v) is 8.79. The van der Waals surface area contributed by atoms with Gasteiger partial charge in [-0.25, -0.2) is 13.2 Å². The van der Waals surface area contributed by atoms with Gasteiger partial charge in [0.25, 0.3) is 0 Å². The fourth-order valence-corrected chi connectivity index (χ4v) is 1.99. The maximum Gasteiger partial charge on any atom is 0.225 e. The number of hydrogen-bond donors (Lipinski definition) is 1. The fraction of sp³-hybridized carbons (Fsp3) is 0.364. The third-order valence-electron chi connectivity index (χ3n) is 2.85. The molecule has 1 saturated heterocycles. The highest BCUT2D eigenvalue weighted by Gasteiger charge is 2.32. The summed E-state index contributed by atoms with van der Waals surface area (Å²) in [5.74, 6) is -4.27. The van der Waals surface area contributed by atoms with Gasteiger partial charge in [0.2, 0.25) is 5.91 Å². The van der Waals surface area contributed by atoms with E-state index in [-0.39, 0.29) is 24.4 Å². The van der Waals surface area contributed by atoms with Crippen molar-refractivity contribution in [3.8, 4) is 0 Å². The van der Waals surface area contributed by atoms with Gasteiger partial charge < -0.3 is 10.0 Å². The fourth-order valence-electron chi connectivity index (χ4n) is 1.99. The van der Waals surface area contributed by atoms with E-state index in [2.05, 4.69) is 0 Å². The zero-order valence-electron chi connectivity index (χ0n) is 8.79. The molecule has 1 N–H and O–H groups in total. The molecule has 1 aromatic carbocycles. The van der Waals surface area contributed by atoms with Crippen LogP contribution in [-0.2, 0) is 4.79 Å². The molecule has 1 aliphatic rings. The summed E-state index contributed by atoms with van der Waals surface area (Å²) in [6.07, 6.45) is -0.0552. The van der Waals surface area contributed by atoms with Crippen molar-refractivity contribution in [1.29, 1.82) is 0 Å². The average molecular weight is 245 g/mol. The van der Waals surface area contributed by atoms with Crippen molar-refractivity contribution in [1.82, 2.24) is 4.90 Å². The normalized spacial score (nSPS) is 20.1. The lowest BCUT2D eigenvalue weighted by atomic mass is 9.97. The van der Waals surface area contributed by atoms with Crippen LogP contribution in [0.15, 0.2) is 12.1 Å². The first-order chi connectivity index (χ1) is 8.02. The zero-order chi connectivity index (χ0) is 12.6. The van der Waals surface area contributed by atoms with E-state index in [0.717, 1.165) is 11.0 Å². The van der Waals surface area contributed by atoms with Crippen LogP contribution in [-0.4, -0.2) is 29.2 Å². The lowest BCUT2D eigenvalue weighted by molar-refractivity contribution is -0.130. The molecule has 0 unspecified atom stereocenters. The number of amides is 1. The molecule has 1 aromatic rings. The summed E-state index contributed by atoms with van der Waals surface area (Å²) in [6.45, 7) is -0.413. The van der Waals surface area contributed by atoms with Gasteiger partial charge in [-0.15, -0.1) is 0 Å². The van der Waals surface area contributed by atoms with E-state index < -0.39 is 30.1 Å². The van der Waals surface area contributed by atoms with Gasteiger partial charge >= 0.3 is 0 Å². The van der Waals surface area contributed by atoms with Crippen LogP contribution in [0.4, 0.5) is 13.2 Å². The van der Waals surface area contributed by atoms with Crippen LogP contribution >= 0.6 is 0 Å². The molecule has 6 heteroatoms. The highest BCUT2D eigenvalue weighted by Crippen LogP contribution is 2.31. The van der Waals surface area contributed by atoms with E-state index in [0.29, 0.717) is 6.07 Å². The van der Waals surface area contributed by atoms with Gasteiger partial charge in [0.05, 0.1) is 0 Å². The largest absolute Gasteiger partial charge is 0.376 e. The van der Waals surface area contributed by atoms with E-state index in [1.807, 2.05) is 0 Å². The Bertz CT molecular complexity index is 464. The molecular formula is C11H10F3NO2. The van der Waals surface area contributed by atoms with Crippen molar-refractivity contribution in [2.24, 2.45) is 0 Å². The Balaban J connectivity index is 2.33. The maximum atomic E-state index is 13.5. The molecule has 92 valence electrons. The van der Waals surface area contributed by atoms with Crippen LogP contribution in [0.2, 0.25) is 0 Å². The quantitative estimate of drug-likeness (QED) is 0.799. The highest BCUT2D eigenvalue weighted by atomic mass is 19.2. The summed E-state index contributed by atoms with van der Waals surface area (Å²) in [4.78, 5) is 12.4. The lowest BCUT2D eigenvalue weighted by Crippen LogP contribution is -2.25. The number of benzene rings is 1. The van der Waals surface area contributed by atoms with E-state index in [1.54, 1.807) is 0 Å². The van der Waals surface area contributed by atoms with Gasteiger partial charge in [-0.1, -0.05) is 0 Å². The lowest BCUT2D eigenvalue weighted by Gasteiger charge is -2.13. The summed E-state index contributed by atoms with van der Waals surface area (Å²) in [6, 6.07) is 1.34. The van der Waals surface area contributed by atoms with E-state index in [4.69, 9.17) is 5.11 Å². The second-order valence-corrected chi connectivity index (χ2v) is 3.95. The second-order valence-electron chi connectivity index (χ2n) is 3.95. The molecule has 0 spiro atoms. The number of hydrogen-bond acceptors (Lipinski definition) is 2. The van der Waals surface area contributed by atoms with Gasteiger partial charge in [-0.2, -0.15) is 0 Å². The Hall–Kier alpha value is -1.56. The number of carbonyl (C=O) groups excluding carboxylic acids is 1. The van der Waals surface area contributed by atoms with Crippen molar-refractivity contribution >= 4 is 5.91 Å². The van der Waals surface area contributed by atoms with Crippen molar-refractivity contribution in [3.63, 3.8) is 0 Å². The minimum Gasteiger partial charge on any atom is -0.376 e. The SMILES string of the molecule is O=C1C[C@@H](c2cc(F)cc(F)c2F)CN1CO. The Morgan fingerprint density at radius 2 is 2.06 bits per heavy atom. The highest BCUT2D eigenvalue weighted by molar-refractivity contribution is 5.79. The second kappa shape index (κ2) is 4.37. The van der Waals surface area contributed by atoms with Gasteiger partial charge in [0, 0.05) is 24.9 Å². The molecule has 3 nitrogen and oxygen atoms in total. The van der Waals surface area contributed by atoms with Crippen LogP contribution in [0, 0.1) is 17.5 Å². The molecule has 0 saturated carbocycles. The minimum absolute atomic E-state index is 0.0552. The summed E-state index contributed by atoms with van der Waals surface area (Å²) in [5, 5.41) is 8.84. The summed E-state index contributed by atoms with van der Waals surface area (Å²) in [5.41, 5.74) is -0.160. The summed E-state index contributed by atoms with van der Waals surface area (Å²) in [7, 11) is 0. The van der Waals surface area contributed by atoms with Crippen molar-refractivity contribution < 1.29 is 23.1 Å². The molecule has 1 fully saturated rings. The van der Waals surface area contributed by atoms with Gasteiger partial charge in [-0.3, -0.25) is 4.79 Å². The van der Waals surface area contributed by atoms with E-state index >= 15 is 0 Å². The van der Waals surface area contributed by atoms with E-state index in [9.17, 15) is 18.0 Å². The molecule has 0 aliphatic carbocycles. The van der Waals surface area contributed by atoms with Crippen LogP contribution in [0.25, 0.3) is 0 Å². The Morgan fingerprint density at radius 3 is 2.65 bits per heavy atom. The average Bonchev–Trinajstić information content (AvgIpc) is 2.64. The Kier molecular flexibility index (Phi) is 3.06. The predicted octanol–water partition coefficient (Wildman–Crippen LogP) is 1.37. The van der Waals surface area contributed by atoms with Crippen molar-refractivity contribution in [2.75, 3.05) is 13.3 Å². The molecule has 1 heterocycles. The summed E-state index contributed by atoms with van der Waals surface area (Å²) < 4.78 is 39.4. The molecule has 17 heavy (non-hydrogen) atoms. The van der Waals surface area contributed by atoms with Gasteiger partial charge in [0.15, 0.2) is 11.6 Å². The molecule has 0 aromatic heterocycles. The number of carbonyl (C=O) groups is 1.